The summed E-state index contributed by atoms with van der Waals surface area (Å²) in [5.41, 5.74) is 2.81. The van der Waals surface area contributed by atoms with Crippen LogP contribution in [-0.4, -0.2) is 24.6 Å². The van der Waals surface area contributed by atoms with Gasteiger partial charge in [-0.3, -0.25) is 0 Å². The summed E-state index contributed by atoms with van der Waals surface area (Å²) >= 11 is 0. The van der Waals surface area contributed by atoms with Crippen LogP contribution < -0.4 is 0 Å². The maximum absolute atomic E-state index is 4.12. The Hall–Kier alpha value is -1.86. The summed E-state index contributed by atoms with van der Waals surface area (Å²) in [6.45, 7) is 8.61. The zero-order chi connectivity index (χ0) is 25.7. The van der Waals surface area contributed by atoms with Gasteiger partial charge in [-0.15, -0.1) is 0 Å². The number of rotatable bonds is 22. The van der Waals surface area contributed by atoms with E-state index < -0.39 is 0 Å². The highest BCUT2D eigenvalue weighted by molar-refractivity contribution is 5.30. The van der Waals surface area contributed by atoms with Crippen LogP contribution in [0, 0.1) is 0 Å². The first kappa shape index (κ1) is 30.4. The molecule has 0 saturated carbocycles. The van der Waals surface area contributed by atoms with Gasteiger partial charge in [0, 0.05) is 11.1 Å². The minimum Gasteiger partial charge on any atom is -0.313 e. The molecule has 0 aliphatic carbocycles. The third-order valence-corrected chi connectivity index (χ3v) is 7.92. The van der Waals surface area contributed by atoms with Crippen molar-refractivity contribution in [2.45, 2.75) is 116 Å². The molecule has 2 aromatic rings. The van der Waals surface area contributed by atoms with Crippen LogP contribution in [0.3, 0.4) is 0 Å². The fraction of sp³-hybridized carbons (Fsp3) is 0.600. The van der Waals surface area contributed by atoms with Crippen LogP contribution in [0.15, 0.2) is 73.3 Å². The van der Waals surface area contributed by atoms with E-state index in [2.05, 4.69) is 87.3 Å². The van der Waals surface area contributed by atoms with Gasteiger partial charge in [-0.25, -0.2) is 0 Å². The van der Waals surface area contributed by atoms with Crippen LogP contribution in [0.5, 0.6) is 0 Å². The largest absolute Gasteiger partial charge is 0.313 e. The Kier molecular flexibility index (Phi) is 16.3. The van der Waals surface area contributed by atoms with Crippen molar-refractivity contribution in [3.8, 4) is 0 Å². The highest BCUT2D eigenvalue weighted by Gasteiger charge is 2.33. The van der Waals surface area contributed by atoms with Crippen molar-refractivity contribution >= 4 is 0 Å². The van der Waals surface area contributed by atoms with Crippen molar-refractivity contribution in [3.63, 3.8) is 0 Å². The number of likely N-dealkylation sites (N-methyl/N-ethyl adjacent to an activating group) is 1. The van der Waals surface area contributed by atoms with Crippen molar-refractivity contribution in [2.24, 2.45) is 0 Å². The molecule has 0 bridgehead atoms. The van der Waals surface area contributed by atoms with Crippen LogP contribution in [0.1, 0.15) is 127 Å². The van der Waals surface area contributed by atoms with Crippen molar-refractivity contribution in [3.05, 3.63) is 84.4 Å². The molecule has 0 spiro atoms. The van der Waals surface area contributed by atoms with E-state index in [9.17, 15) is 0 Å². The predicted molar refractivity (Wildman–Crippen MR) is 160 cm³/mol. The molecule has 1 unspecified atom stereocenters. The summed E-state index contributed by atoms with van der Waals surface area (Å²) in [7, 11) is 2.43. The topological polar surface area (TPSA) is 0 Å². The average Bonchev–Trinajstić information content (AvgIpc) is 2.90. The molecular weight excluding hydrogens is 434 g/mol. The lowest BCUT2D eigenvalue weighted by Gasteiger charge is -2.42. The van der Waals surface area contributed by atoms with Crippen LogP contribution in [0.2, 0.25) is 0 Å². The van der Waals surface area contributed by atoms with Gasteiger partial charge in [0.2, 0.25) is 0 Å². The summed E-state index contributed by atoms with van der Waals surface area (Å²) < 4.78 is 0.996. The van der Waals surface area contributed by atoms with Gasteiger partial charge in [0.1, 0.15) is 6.04 Å². The number of hydrogen-bond donors (Lipinski definition) is 0. The van der Waals surface area contributed by atoms with E-state index in [1.54, 1.807) is 0 Å². The molecule has 0 heterocycles. The second kappa shape index (κ2) is 19.3. The molecule has 0 amide bonds. The molecule has 2 rings (SSSR count). The SMILES string of the molecule is C=CC[N+](C)(CCCCCCCCCCCCCCCCCC)C(c1ccccc1)c1ccccc1. The molecule has 0 aromatic heterocycles. The van der Waals surface area contributed by atoms with Gasteiger partial charge in [0.05, 0.1) is 20.1 Å². The molecule has 0 aliphatic heterocycles. The molecule has 36 heavy (non-hydrogen) atoms. The Morgan fingerprint density at radius 1 is 0.583 bits per heavy atom. The fourth-order valence-electron chi connectivity index (χ4n) is 5.82. The van der Waals surface area contributed by atoms with Gasteiger partial charge >= 0.3 is 0 Å². The molecule has 1 nitrogen and oxygen atoms in total. The summed E-state index contributed by atoms with van der Waals surface area (Å²) in [6.07, 6.45) is 24.8. The van der Waals surface area contributed by atoms with Gasteiger partial charge in [0.25, 0.3) is 0 Å². The first-order chi connectivity index (χ1) is 17.7. The van der Waals surface area contributed by atoms with E-state index in [4.69, 9.17) is 0 Å². The van der Waals surface area contributed by atoms with Gasteiger partial charge in [-0.05, 0) is 18.9 Å². The van der Waals surface area contributed by atoms with Crippen LogP contribution >= 0.6 is 0 Å². The Morgan fingerprint density at radius 3 is 1.31 bits per heavy atom. The van der Waals surface area contributed by atoms with Gasteiger partial charge in [-0.2, -0.15) is 0 Å². The Balaban J connectivity index is 1.66. The third kappa shape index (κ3) is 11.9. The maximum Gasteiger partial charge on any atom is 0.140 e. The lowest BCUT2D eigenvalue weighted by Crippen LogP contribution is -2.48. The predicted octanol–water partition coefficient (Wildman–Crippen LogP) is 10.7. The number of unbranched alkanes of at least 4 members (excludes halogenated alkanes) is 15. The van der Waals surface area contributed by atoms with Crippen LogP contribution in [0.25, 0.3) is 0 Å². The van der Waals surface area contributed by atoms with Crippen LogP contribution in [0.4, 0.5) is 0 Å². The molecule has 0 fully saturated rings. The molecule has 0 N–H and O–H groups in total. The van der Waals surface area contributed by atoms with E-state index >= 15 is 0 Å². The Labute approximate surface area is 224 Å². The fourth-order valence-corrected chi connectivity index (χ4v) is 5.82. The van der Waals surface area contributed by atoms with Crippen molar-refractivity contribution in [2.75, 3.05) is 20.1 Å². The van der Waals surface area contributed by atoms with Crippen molar-refractivity contribution in [1.29, 1.82) is 0 Å². The van der Waals surface area contributed by atoms with Crippen LogP contribution in [-0.2, 0) is 0 Å². The summed E-state index contributed by atoms with van der Waals surface area (Å²) in [5, 5.41) is 0. The monoisotopic (exact) mass is 490 g/mol. The van der Waals surface area contributed by atoms with E-state index in [-0.39, 0.29) is 0 Å². The molecular formula is C35H56N+. The first-order valence-electron chi connectivity index (χ1n) is 15.3. The second-order valence-corrected chi connectivity index (χ2v) is 11.2. The van der Waals surface area contributed by atoms with Crippen molar-refractivity contribution < 1.29 is 4.48 Å². The van der Waals surface area contributed by atoms with E-state index in [1.807, 2.05) is 0 Å². The summed E-state index contributed by atoms with van der Waals surface area (Å²) in [4.78, 5) is 0. The van der Waals surface area contributed by atoms with Crippen molar-refractivity contribution in [1.82, 2.24) is 0 Å². The smallest absolute Gasteiger partial charge is 0.140 e. The van der Waals surface area contributed by atoms with E-state index in [0.29, 0.717) is 6.04 Å². The van der Waals surface area contributed by atoms with E-state index in [0.717, 1.165) is 11.0 Å². The highest BCUT2D eigenvalue weighted by atomic mass is 15.4. The zero-order valence-electron chi connectivity index (χ0n) is 23.8. The second-order valence-electron chi connectivity index (χ2n) is 11.2. The minimum absolute atomic E-state index is 0.349. The van der Waals surface area contributed by atoms with Gasteiger partial charge < -0.3 is 4.48 Å². The van der Waals surface area contributed by atoms with Gasteiger partial charge in [0.15, 0.2) is 0 Å². The molecule has 0 radical (unpaired) electrons. The zero-order valence-corrected chi connectivity index (χ0v) is 23.8. The number of benzene rings is 2. The summed E-state index contributed by atoms with van der Waals surface area (Å²) in [6, 6.07) is 22.5. The van der Waals surface area contributed by atoms with Gasteiger partial charge in [-0.1, -0.05) is 164 Å². The normalized spacial score (nSPS) is 13.1. The Bertz CT molecular complexity index is 728. The number of nitrogens with zero attached hydrogens (tertiary/aromatic N) is 1. The number of quaternary nitrogens is 1. The number of hydrogen-bond acceptors (Lipinski definition) is 0. The lowest BCUT2D eigenvalue weighted by molar-refractivity contribution is -0.928. The quantitative estimate of drug-likeness (QED) is 0.0874. The molecule has 2 aromatic carbocycles. The summed E-state index contributed by atoms with van der Waals surface area (Å²) in [5.74, 6) is 0. The first-order valence-corrected chi connectivity index (χ1v) is 15.3. The molecule has 0 aliphatic rings. The maximum atomic E-state index is 4.12. The Morgan fingerprint density at radius 2 is 0.944 bits per heavy atom. The average molecular weight is 491 g/mol. The lowest BCUT2D eigenvalue weighted by atomic mass is 9.94. The van der Waals surface area contributed by atoms with E-state index in [1.165, 1.54) is 120 Å². The molecule has 0 saturated heterocycles. The molecule has 1 atom stereocenters. The third-order valence-electron chi connectivity index (χ3n) is 7.92. The molecule has 200 valence electrons. The molecule has 1 heteroatoms. The minimum atomic E-state index is 0.349. The standard InChI is InChI=1S/C35H56N/c1-4-6-7-8-9-10-11-12-13-14-15-16-17-18-19-26-32-36(3,31-5-2)35(33-27-22-20-23-28-33)34-29-24-21-25-30-34/h5,20-25,27-30,35H,2,4,6-19,26,31-32H2,1,3H3/q+1. The highest BCUT2D eigenvalue weighted by Crippen LogP contribution is 2.34.